The van der Waals surface area contributed by atoms with Gasteiger partial charge in [-0.3, -0.25) is 9.58 Å². The number of aromatic nitrogens is 2. The van der Waals surface area contributed by atoms with E-state index in [0.717, 1.165) is 64.5 Å². The average molecular weight is 350 g/mol. The van der Waals surface area contributed by atoms with Gasteiger partial charge in [0.25, 0.3) is 0 Å². The van der Waals surface area contributed by atoms with Crippen LogP contribution in [0.5, 0.6) is 0 Å². The number of hydrogen-bond acceptors (Lipinski definition) is 5. The van der Waals surface area contributed by atoms with Crippen LogP contribution in [-0.4, -0.2) is 91.2 Å². The van der Waals surface area contributed by atoms with E-state index in [0.29, 0.717) is 6.04 Å². The van der Waals surface area contributed by atoms with E-state index in [9.17, 15) is 4.79 Å². The Hall–Kier alpha value is -1.80. The molecule has 8 nitrogen and oxygen atoms in total. The Bertz CT molecular complexity index is 555. The highest BCUT2D eigenvalue weighted by Gasteiger charge is 2.26. The van der Waals surface area contributed by atoms with E-state index in [-0.39, 0.29) is 6.03 Å². The molecule has 0 aliphatic carbocycles. The number of methoxy groups -OCH3 is 1. The molecule has 3 heterocycles. The quantitative estimate of drug-likeness (QED) is 0.803. The molecule has 0 saturated carbocycles. The standard InChI is InChI=1S/C17H30N6O2/c1-20-14-16(13-19-20)22-6-8-23(9-7-22)17(24)18-12-15-4-3-5-21(15)10-11-25-2/h13-15H,3-12H2,1-2H3,(H,18,24). The van der Waals surface area contributed by atoms with E-state index in [4.69, 9.17) is 4.74 Å². The van der Waals surface area contributed by atoms with Crippen LogP contribution >= 0.6 is 0 Å². The van der Waals surface area contributed by atoms with Crippen LogP contribution in [0.25, 0.3) is 0 Å². The number of piperazine rings is 1. The first-order valence-corrected chi connectivity index (χ1v) is 9.16. The predicted octanol–water partition coefficient (Wildman–Crippen LogP) is 0.363. The van der Waals surface area contributed by atoms with Crippen LogP contribution in [0, 0.1) is 0 Å². The minimum absolute atomic E-state index is 0.0597. The molecule has 1 aromatic heterocycles. The summed E-state index contributed by atoms with van der Waals surface area (Å²) in [4.78, 5) is 19.1. The topological polar surface area (TPSA) is 65.9 Å². The molecule has 1 atom stereocenters. The van der Waals surface area contributed by atoms with Crippen LogP contribution in [-0.2, 0) is 11.8 Å². The number of rotatable bonds is 6. The molecular formula is C17H30N6O2. The van der Waals surface area contributed by atoms with Crippen molar-refractivity contribution < 1.29 is 9.53 Å². The number of anilines is 1. The fraction of sp³-hybridized carbons (Fsp3) is 0.765. The molecule has 2 saturated heterocycles. The van der Waals surface area contributed by atoms with E-state index in [1.165, 1.54) is 6.42 Å². The average Bonchev–Trinajstić information content (AvgIpc) is 3.26. The zero-order valence-electron chi connectivity index (χ0n) is 15.4. The predicted molar refractivity (Wildman–Crippen MR) is 96.9 cm³/mol. The third-order valence-corrected chi connectivity index (χ3v) is 5.19. The summed E-state index contributed by atoms with van der Waals surface area (Å²) in [5, 5.41) is 7.35. The van der Waals surface area contributed by atoms with Crippen molar-refractivity contribution in [2.24, 2.45) is 7.05 Å². The first-order chi connectivity index (χ1) is 12.2. The second kappa shape index (κ2) is 8.53. The molecule has 2 aliphatic rings. The Balaban J connectivity index is 1.40. The summed E-state index contributed by atoms with van der Waals surface area (Å²) in [6.07, 6.45) is 6.25. The minimum Gasteiger partial charge on any atom is -0.383 e. The van der Waals surface area contributed by atoms with Crippen LogP contribution in [0.4, 0.5) is 10.5 Å². The lowest BCUT2D eigenvalue weighted by Crippen LogP contribution is -2.53. The molecule has 0 radical (unpaired) electrons. The Morgan fingerprint density at radius 2 is 2.12 bits per heavy atom. The Kier molecular flexibility index (Phi) is 6.14. The van der Waals surface area contributed by atoms with E-state index in [1.54, 1.807) is 7.11 Å². The molecule has 2 fully saturated rings. The summed E-state index contributed by atoms with van der Waals surface area (Å²) < 4.78 is 6.98. The van der Waals surface area contributed by atoms with Crippen LogP contribution < -0.4 is 10.2 Å². The molecule has 0 aromatic carbocycles. The Morgan fingerprint density at radius 3 is 2.80 bits per heavy atom. The molecule has 0 bridgehead atoms. The van der Waals surface area contributed by atoms with Gasteiger partial charge in [0.15, 0.2) is 0 Å². The van der Waals surface area contributed by atoms with Gasteiger partial charge in [-0.25, -0.2) is 4.79 Å². The molecule has 8 heteroatoms. The van der Waals surface area contributed by atoms with Crippen LogP contribution in [0.2, 0.25) is 0 Å². The van der Waals surface area contributed by atoms with Crippen molar-refractivity contribution in [1.82, 2.24) is 24.9 Å². The zero-order valence-corrected chi connectivity index (χ0v) is 15.4. The number of likely N-dealkylation sites (tertiary alicyclic amines) is 1. The van der Waals surface area contributed by atoms with Crippen LogP contribution in [0.15, 0.2) is 12.4 Å². The molecule has 2 aliphatic heterocycles. The molecule has 1 unspecified atom stereocenters. The summed E-state index contributed by atoms with van der Waals surface area (Å²) in [7, 11) is 3.66. The van der Waals surface area contributed by atoms with Gasteiger partial charge in [0.1, 0.15) is 0 Å². The van der Waals surface area contributed by atoms with Crippen molar-refractivity contribution in [3.8, 4) is 0 Å². The molecule has 2 amide bonds. The second-order valence-corrected chi connectivity index (χ2v) is 6.86. The van der Waals surface area contributed by atoms with Gasteiger partial charge in [-0.1, -0.05) is 0 Å². The van der Waals surface area contributed by atoms with Gasteiger partial charge in [0.2, 0.25) is 0 Å². The number of nitrogens with one attached hydrogen (secondary N) is 1. The molecule has 1 aromatic rings. The van der Waals surface area contributed by atoms with Crippen molar-refractivity contribution in [1.29, 1.82) is 0 Å². The van der Waals surface area contributed by atoms with Crippen molar-refractivity contribution in [2.75, 3.05) is 64.4 Å². The number of hydrogen-bond donors (Lipinski definition) is 1. The largest absolute Gasteiger partial charge is 0.383 e. The van der Waals surface area contributed by atoms with Crippen molar-refractivity contribution in [2.45, 2.75) is 18.9 Å². The lowest BCUT2D eigenvalue weighted by molar-refractivity contribution is 0.139. The number of carbonyl (C=O) groups is 1. The van der Waals surface area contributed by atoms with E-state index in [1.807, 2.05) is 29.0 Å². The third kappa shape index (κ3) is 4.64. The van der Waals surface area contributed by atoms with Gasteiger partial charge in [-0.15, -0.1) is 0 Å². The summed E-state index contributed by atoms with van der Waals surface area (Å²) in [6.45, 7) is 6.73. The van der Waals surface area contributed by atoms with Gasteiger partial charge < -0.3 is 19.9 Å². The summed E-state index contributed by atoms with van der Waals surface area (Å²) in [5.41, 5.74) is 1.13. The SMILES string of the molecule is COCCN1CCCC1CNC(=O)N1CCN(c2cnn(C)c2)CC1. The first-order valence-electron chi connectivity index (χ1n) is 9.16. The minimum atomic E-state index is 0.0597. The molecule has 1 N–H and O–H groups in total. The van der Waals surface area contributed by atoms with Gasteiger partial charge in [0.05, 0.1) is 18.5 Å². The maximum atomic E-state index is 12.5. The Labute approximate surface area is 149 Å². The number of urea groups is 1. The number of nitrogens with zero attached hydrogens (tertiary/aromatic N) is 5. The molecule has 3 rings (SSSR count). The third-order valence-electron chi connectivity index (χ3n) is 5.19. The van der Waals surface area contributed by atoms with Gasteiger partial charge in [0, 0.05) is 65.7 Å². The van der Waals surface area contributed by atoms with Crippen molar-refractivity contribution >= 4 is 11.7 Å². The van der Waals surface area contributed by atoms with E-state index < -0.39 is 0 Å². The molecular weight excluding hydrogens is 320 g/mol. The zero-order chi connectivity index (χ0) is 17.6. The van der Waals surface area contributed by atoms with Crippen molar-refractivity contribution in [3.05, 3.63) is 12.4 Å². The summed E-state index contributed by atoms with van der Waals surface area (Å²) in [6, 6.07) is 0.500. The summed E-state index contributed by atoms with van der Waals surface area (Å²) >= 11 is 0. The van der Waals surface area contributed by atoms with Gasteiger partial charge >= 0.3 is 6.03 Å². The lowest BCUT2D eigenvalue weighted by atomic mass is 10.2. The normalized spacial score (nSPS) is 21.8. The highest BCUT2D eigenvalue weighted by atomic mass is 16.5. The van der Waals surface area contributed by atoms with Crippen molar-refractivity contribution in [3.63, 3.8) is 0 Å². The Morgan fingerprint density at radius 1 is 1.32 bits per heavy atom. The lowest BCUT2D eigenvalue weighted by Gasteiger charge is -2.35. The monoisotopic (exact) mass is 350 g/mol. The number of amides is 2. The first kappa shape index (κ1) is 18.0. The van der Waals surface area contributed by atoms with E-state index in [2.05, 4.69) is 20.2 Å². The highest BCUT2D eigenvalue weighted by Crippen LogP contribution is 2.17. The van der Waals surface area contributed by atoms with Crippen LogP contribution in [0.3, 0.4) is 0 Å². The highest BCUT2D eigenvalue weighted by molar-refractivity contribution is 5.74. The van der Waals surface area contributed by atoms with Gasteiger partial charge in [-0.2, -0.15) is 5.10 Å². The maximum Gasteiger partial charge on any atom is 0.317 e. The second-order valence-electron chi connectivity index (χ2n) is 6.86. The van der Waals surface area contributed by atoms with Crippen LogP contribution in [0.1, 0.15) is 12.8 Å². The molecule has 140 valence electrons. The molecule has 0 spiro atoms. The summed E-state index contributed by atoms with van der Waals surface area (Å²) in [5.74, 6) is 0. The van der Waals surface area contributed by atoms with E-state index >= 15 is 0 Å². The molecule has 25 heavy (non-hydrogen) atoms. The number of aryl methyl sites for hydroxylation is 1. The van der Waals surface area contributed by atoms with Gasteiger partial charge in [-0.05, 0) is 19.4 Å². The number of ether oxygens (including phenoxy) is 1. The fourth-order valence-electron chi connectivity index (χ4n) is 3.69. The number of carbonyl (C=O) groups excluding carboxylic acids is 1. The fourth-order valence-corrected chi connectivity index (χ4v) is 3.69. The smallest absolute Gasteiger partial charge is 0.317 e. The maximum absolute atomic E-state index is 12.5.